The zero-order chi connectivity index (χ0) is 11.3. The summed E-state index contributed by atoms with van der Waals surface area (Å²) < 4.78 is 0. The molecule has 0 saturated heterocycles. The van der Waals surface area contributed by atoms with Crippen LogP contribution in [0.5, 0.6) is 0 Å². The second kappa shape index (κ2) is 5.89. The summed E-state index contributed by atoms with van der Waals surface area (Å²) in [4.78, 5) is 4.54. The van der Waals surface area contributed by atoms with Crippen molar-refractivity contribution in [1.82, 2.24) is 4.98 Å². The molecule has 0 aromatic carbocycles. The molecule has 1 heteroatoms. The van der Waals surface area contributed by atoms with Gasteiger partial charge in [0.25, 0.3) is 0 Å². The summed E-state index contributed by atoms with van der Waals surface area (Å²) in [6, 6.07) is 2.35. The van der Waals surface area contributed by atoms with Gasteiger partial charge in [-0.1, -0.05) is 33.8 Å². The normalized spacial score (nSPS) is 14.2. The van der Waals surface area contributed by atoms with E-state index in [1.165, 1.54) is 42.5 Å². The molecule has 1 nitrogen and oxygen atoms in total. The predicted octanol–water partition coefficient (Wildman–Crippen LogP) is 4.11. The first-order valence-corrected chi connectivity index (χ1v) is 6.25. The number of hydrogen-bond acceptors (Lipinski definition) is 1. The predicted molar refractivity (Wildman–Crippen MR) is 66.3 cm³/mol. The maximum Gasteiger partial charge on any atom is 0.0435 e. The van der Waals surface area contributed by atoms with Crippen molar-refractivity contribution in [3.8, 4) is 0 Å². The molecule has 1 aromatic heterocycles. The van der Waals surface area contributed by atoms with Gasteiger partial charge in [0, 0.05) is 11.9 Å². The van der Waals surface area contributed by atoms with Crippen LogP contribution in [0.4, 0.5) is 0 Å². The Balaban J connectivity index is 0.000000531. The van der Waals surface area contributed by atoms with Crippen LogP contribution in [0.1, 0.15) is 63.3 Å². The molecule has 0 N–H and O–H groups in total. The minimum Gasteiger partial charge on any atom is -0.261 e. The van der Waals surface area contributed by atoms with Gasteiger partial charge in [0.05, 0.1) is 0 Å². The molecule has 15 heavy (non-hydrogen) atoms. The van der Waals surface area contributed by atoms with Crippen LogP contribution in [0.15, 0.2) is 12.3 Å². The Morgan fingerprint density at radius 3 is 2.47 bits per heavy atom. The fraction of sp³-hybridized carbons (Fsp3) is 0.643. The van der Waals surface area contributed by atoms with E-state index in [2.05, 4.69) is 31.1 Å². The van der Waals surface area contributed by atoms with Crippen LogP contribution in [0.3, 0.4) is 0 Å². The van der Waals surface area contributed by atoms with E-state index in [4.69, 9.17) is 0 Å². The number of aryl methyl sites for hydroxylation is 2. The molecule has 84 valence electrons. The fourth-order valence-corrected chi connectivity index (χ4v) is 1.92. The van der Waals surface area contributed by atoms with Gasteiger partial charge in [-0.05, 0) is 42.7 Å². The number of fused-ring (bicyclic) bond motifs is 1. The maximum absolute atomic E-state index is 4.54. The second-order valence-electron chi connectivity index (χ2n) is 4.24. The smallest absolute Gasteiger partial charge is 0.0435 e. The van der Waals surface area contributed by atoms with Crippen LogP contribution < -0.4 is 0 Å². The summed E-state index contributed by atoms with van der Waals surface area (Å²) in [5, 5.41) is 0. The summed E-state index contributed by atoms with van der Waals surface area (Å²) in [6.45, 7) is 8.46. The first kappa shape index (κ1) is 12.2. The van der Waals surface area contributed by atoms with Gasteiger partial charge in [0.1, 0.15) is 0 Å². The molecular formula is C14H23N. The molecule has 1 heterocycles. The lowest BCUT2D eigenvalue weighted by molar-refractivity contribution is 0.663. The molecule has 0 amide bonds. The molecule has 0 atom stereocenters. The van der Waals surface area contributed by atoms with Crippen molar-refractivity contribution in [2.24, 2.45) is 0 Å². The Kier molecular flexibility index (Phi) is 4.80. The van der Waals surface area contributed by atoms with E-state index >= 15 is 0 Å². The monoisotopic (exact) mass is 205 g/mol. The van der Waals surface area contributed by atoms with Gasteiger partial charge in [-0.25, -0.2) is 0 Å². The Hall–Kier alpha value is -0.850. The van der Waals surface area contributed by atoms with Crippen molar-refractivity contribution in [3.05, 3.63) is 29.1 Å². The van der Waals surface area contributed by atoms with Crippen LogP contribution in [-0.4, -0.2) is 4.98 Å². The second-order valence-corrected chi connectivity index (χ2v) is 4.24. The highest BCUT2D eigenvalue weighted by Crippen LogP contribution is 2.22. The van der Waals surface area contributed by atoms with Gasteiger partial charge >= 0.3 is 0 Å². The molecule has 0 spiro atoms. The van der Waals surface area contributed by atoms with Crippen LogP contribution in [-0.2, 0) is 12.8 Å². The topological polar surface area (TPSA) is 12.9 Å². The Morgan fingerprint density at radius 1 is 1.13 bits per heavy atom. The quantitative estimate of drug-likeness (QED) is 0.672. The third kappa shape index (κ3) is 3.05. The number of aromatic nitrogens is 1. The Morgan fingerprint density at radius 2 is 1.80 bits per heavy atom. The summed E-state index contributed by atoms with van der Waals surface area (Å²) in [5.74, 6) is 0.611. The molecule has 0 fully saturated rings. The molecule has 0 aliphatic heterocycles. The largest absolute Gasteiger partial charge is 0.261 e. The first-order valence-electron chi connectivity index (χ1n) is 6.25. The van der Waals surface area contributed by atoms with Gasteiger partial charge < -0.3 is 0 Å². The molecule has 2 rings (SSSR count). The zero-order valence-electron chi connectivity index (χ0n) is 10.5. The van der Waals surface area contributed by atoms with Gasteiger partial charge in [-0.2, -0.15) is 0 Å². The van der Waals surface area contributed by atoms with Crippen molar-refractivity contribution in [2.75, 3.05) is 0 Å². The van der Waals surface area contributed by atoms with Crippen molar-refractivity contribution >= 4 is 0 Å². The number of pyridine rings is 1. The average Bonchev–Trinajstić information content (AvgIpc) is 2.31. The highest BCUT2D eigenvalue weighted by Gasteiger charge is 2.11. The van der Waals surface area contributed by atoms with E-state index in [-0.39, 0.29) is 0 Å². The van der Waals surface area contributed by atoms with Crippen LogP contribution in [0.2, 0.25) is 0 Å². The SMILES string of the molecule is CC.CC(C)c1cnc2c(c1)CCCC2. The van der Waals surface area contributed by atoms with Crippen molar-refractivity contribution in [1.29, 1.82) is 0 Å². The highest BCUT2D eigenvalue weighted by atomic mass is 14.7. The molecule has 1 aliphatic rings. The number of hydrogen-bond donors (Lipinski definition) is 0. The van der Waals surface area contributed by atoms with Gasteiger partial charge in [-0.15, -0.1) is 0 Å². The Labute approximate surface area is 93.9 Å². The molecule has 0 saturated carbocycles. The molecule has 0 unspecified atom stereocenters. The van der Waals surface area contributed by atoms with Crippen LogP contribution in [0.25, 0.3) is 0 Å². The summed E-state index contributed by atoms with van der Waals surface area (Å²) >= 11 is 0. The van der Waals surface area contributed by atoms with Crippen LogP contribution >= 0.6 is 0 Å². The third-order valence-electron chi connectivity index (χ3n) is 2.86. The lowest BCUT2D eigenvalue weighted by Crippen LogP contribution is -2.06. The minimum absolute atomic E-state index is 0.611. The summed E-state index contributed by atoms with van der Waals surface area (Å²) in [6.07, 6.45) is 7.14. The highest BCUT2D eigenvalue weighted by molar-refractivity contribution is 5.28. The minimum atomic E-state index is 0.611. The fourth-order valence-electron chi connectivity index (χ4n) is 1.92. The van der Waals surface area contributed by atoms with E-state index in [0.717, 1.165) is 0 Å². The van der Waals surface area contributed by atoms with Crippen molar-refractivity contribution in [2.45, 2.75) is 59.3 Å². The van der Waals surface area contributed by atoms with E-state index in [1.54, 1.807) is 0 Å². The van der Waals surface area contributed by atoms with Gasteiger partial charge in [-0.3, -0.25) is 4.98 Å². The lowest BCUT2D eigenvalue weighted by Gasteiger charge is -2.16. The van der Waals surface area contributed by atoms with Crippen molar-refractivity contribution in [3.63, 3.8) is 0 Å². The molecule has 0 radical (unpaired) electrons. The molecule has 1 aromatic rings. The Bertz CT molecular complexity index is 302. The molecular weight excluding hydrogens is 182 g/mol. The first-order chi connectivity index (χ1) is 7.27. The van der Waals surface area contributed by atoms with E-state index in [1.807, 2.05) is 13.8 Å². The lowest BCUT2D eigenvalue weighted by atomic mass is 9.93. The number of rotatable bonds is 1. The maximum atomic E-state index is 4.54. The summed E-state index contributed by atoms with van der Waals surface area (Å²) in [7, 11) is 0. The number of nitrogens with zero attached hydrogens (tertiary/aromatic N) is 1. The van der Waals surface area contributed by atoms with E-state index in [0.29, 0.717) is 5.92 Å². The van der Waals surface area contributed by atoms with Gasteiger partial charge in [0.2, 0.25) is 0 Å². The van der Waals surface area contributed by atoms with Crippen LogP contribution in [0, 0.1) is 0 Å². The summed E-state index contributed by atoms with van der Waals surface area (Å²) in [5.41, 5.74) is 4.23. The van der Waals surface area contributed by atoms with E-state index in [9.17, 15) is 0 Å². The van der Waals surface area contributed by atoms with Gasteiger partial charge in [0.15, 0.2) is 0 Å². The average molecular weight is 205 g/mol. The molecule has 1 aliphatic carbocycles. The molecule has 0 bridgehead atoms. The zero-order valence-corrected chi connectivity index (χ0v) is 10.5. The standard InChI is InChI=1S/C12H17N.C2H6/c1-9(2)11-7-10-5-3-4-6-12(10)13-8-11;1-2/h7-9H,3-6H2,1-2H3;1-2H3. The third-order valence-corrected chi connectivity index (χ3v) is 2.86. The van der Waals surface area contributed by atoms with E-state index < -0.39 is 0 Å². The van der Waals surface area contributed by atoms with Crippen molar-refractivity contribution < 1.29 is 0 Å².